The van der Waals surface area contributed by atoms with E-state index in [4.69, 9.17) is 4.74 Å². The van der Waals surface area contributed by atoms with E-state index >= 15 is 0 Å². The van der Waals surface area contributed by atoms with Gasteiger partial charge in [-0.3, -0.25) is 0 Å². The van der Waals surface area contributed by atoms with Gasteiger partial charge in [0.15, 0.2) is 5.82 Å². The first-order valence-electron chi connectivity index (χ1n) is 12.2. The molecule has 0 saturated heterocycles. The van der Waals surface area contributed by atoms with Gasteiger partial charge >= 0.3 is 18.2 Å². The monoisotopic (exact) mass is 583 g/mol. The van der Waals surface area contributed by atoms with E-state index in [0.29, 0.717) is 28.6 Å². The maximum atomic E-state index is 13.8. The number of aromatic nitrogens is 3. The van der Waals surface area contributed by atoms with Gasteiger partial charge in [-0.1, -0.05) is 24.3 Å². The molecule has 0 aliphatic carbocycles. The van der Waals surface area contributed by atoms with Gasteiger partial charge in [0.25, 0.3) is 0 Å². The van der Waals surface area contributed by atoms with Gasteiger partial charge in [-0.15, -0.1) is 5.10 Å². The Morgan fingerprint density at radius 2 is 1.48 bits per heavy atom. The number of rotatable bonds is 7. The van der Waals surface area contributed by atoms with Crippen LogP contribution < -0.4 is 15.4 Å². The van der Waals surface area contributed by atoms with Gasteiger partial charge in [0.1, 0.15) is 24.1 Å². The standard InChI is InChI=1S/C29H19F6N5O2/c30-20-7-1-17(2-8-20)16-42-28-38-26(18-3-5-19(6-4-18)29(33,34)35)40(39-28)23-12-10-22(11-13-23)36-27(41)37-25-14-9-21(31)15-24(25)32/h1-15H,16H2,(H2,36,37,41). The molecule has 42 heavy (non-hydrogen) atoms. The first-order valence-corrected chi connectivity index (χ1v) is 12.2. The number of hydrogen-bond donors (Lipinski definition) is 2. The number of carbonyl (C=O) groups excluding carboxylic acids is 1. The summed E-state index contributed by atoms with van der Waals surface area (Å²) >= 11 is 0. The van der Waals surface area contributed by atoms with Crippen molar-refractivity contribution in [2.45, 2.75) is 12.8 Å². The van der Waals surface area contributed by atoms with Gasteiger partial charge in [-0.2, -0.15) is 18.2 Å². The molecular weight excluding hydrogens is 564 g/mol. The average Bonchev–Trinajstić information content (AvgIpc) is 3.39. The Hall–Kier alpha value is -5.33. The van der Waals surface area contributed by atoms with Crippen LogP contribution in [0.25, 0.3) is 17.1 Å². The number of halogens is 6. The Labute approximate surface area is 234 Å². The number of carbonyl (C=O) groups is 1. The van der Waals surface area contributed by atoms with Crippen molar-refractivity contribution in [3.05, 3.63) is 120 Å². The molecule has 4 aromatic carbocycles. The van der Waals surface area contributed by atoms with Crippen molar-refractivity contribution in [2.24, 2.45) is 0 Å². The second-order valence-electron chi connectivity index (χ2n) is 8.87. The lowest BCUT2D eigenvalue weighted by Gasteiger charge is -2.10. The summed E-state index contributed by atoms with van der Waals surface area (Å²) in [5, 5.41) is 9.13. The Balaban J connectivity index is 1.38. The van der Waals surface area contributed by atoms with E-state index in [2.05, 4.69) is 20.7 Å². The molecule has 13 heteroatoms. The van der Waals surface area contributed by atoms with Crippen LogP contribution in [0.5, 0.6) is 6.01 Å². The van der Waals surface area contributed by atoms with Crippen LogP contribution in [0.1, 0.15) is 11.1 Å². The van der Waals surface area contributed by atoms with Crippen LogP contribution >= 0.6 is 0 Å². The summed E-state index contributed by atoms with van der Waals surface area (Å²) in [5.41, 5.74) is 0.627. The zero-order valence-electron chi connectivity index (χ0n) is 21.3. The fourth-order valence-electron chi connectivity index (χ4n) is 3.82. The summed E-state index contributed by atoms with van der Waals surface area (Å²) in [7, 11) is 0. The SMILES string of the molecule is O=C(Nc1ccc(-n2nc(OCc3ccc(F)cc3)nc2-c2ccc(C(F)(F)F)cc2)cc1)Nc1ccc(F)cc1F. The topological polar surface area (TPSA) is 81.1 Å². The maximum absolute atomic E-state index is 13.8. The minimum Gasteiger partial charge on any atom is -0.457 e. The third-order valence-electron chi connectivity index (χ3n) is 5.89. The highest BCUT2D eigenvalue weighted by atomic mass is 19.4. The van der Waals surface area contributed by atoms with Crippen LogP contribution in [-0.2, 0) is 12.8 Å². The van der Waals surface area contributed by atoms with E-state index in [1.54, 1.807) is 12.1 Å². The number of amides is 2. The third-order valence-corrected chi connectivity index (χ3v) is 5.89. The molecule has 7 nitrogen and oxygen atoms in total. The Morgan fingerprint density at radius 3 is 2.12 bits per heavy atom. The summed E-state index contributed by atoms with van der Waals surface area (Å²) in [6, 6.07) is 17.9. The Morgan fingerprint density at radius 1 is 0.810 bits per heavy atom. The van der Waals surface area contributed by atoms with E-state index in [1.165, 1.54) is 53.2 Å². The van der Waals surface area contributed by atoms with Crippen LogP contribution in [0.15, 0.2) is 91.0 Å². The van der Waals surface area contributed by atoms with Gasteiger partial charge < -0.3 is 15.4 Å². The Kier molecular flexibility index (Phi) is 7.82. The largest absolute Gasteiger partial charge is 0.457 e. The van der Waals surface area contributed by atoms with Crippen LogP contribution in [0.2, 0.25) is 0 Å². The zero-order chi connectivity index (χ0) is 29.9. The zero-order valence-corrected chi connectivity index (χ0v) is 21.3. The highest BCUT2D eigenvalue weighted by molar-refractivity contribution is 5.99. The number of hydrogen-bond acceptors (Lipinski definition) is 4. The van der Waals surface area contributed by atoms with Crippen molar-refractivity contribution in [2.75, 3.05) is 10.6 Å². The molecule has 0 spiro atoms. The molecule has 0 fully saturated rings. The van der Waals surface area contributed by atoms with Crippen LogP contribution in [-0.4, -0.2) is 20.8 Å². The molecule has 0 bridgehead atoms. The van der Waals surface area contributed by atoms with Crippen LogP contribution in [0.3, 0.4) is 0 Å². The van der Waals surface area contributed by atoms with Crippen molar-refractivity contribution in [3.63, 3.8) is 0 Å². The summed E-state index contributed by atoms with van der Waals surface area (Å²) < 4.78 is 86.5. The van der Waals surface area contributed by atoms with E-state index in [1.807, 2.05) is 0 Å². The van der Waals surface area contributed by atoms with E-state index in [-0.39, 0.29) is 24.1 Å². The van der Waals surface area contributed by atoms with Crippen molar-refractivity contribution < 1.29 is 35.9 Å². The molecule has 5 rings (SSSR count). The van der Waals surface area contributed by atoms with Crippen molar-refractivity contribution in [1.29, 1.82) is 0 Å². The fraction of sp³-hybridized carbons (Fsp3) is 0.0690. The number of anilines is 2. The first-order chi connectivity index (χ1) is 20.0. The lowest BCUT2D eigenvalue weighted by molar-refractivity contribution is -0.137. The van der Waals surface area contributed by atoms with Gasteiger partial charge in [-0.25, -0.2) is 22.6 Å². The molecule has 5 aromatic rings. The molecule has 0 atom stereocenters. The lowest BCUT2D eigenvalue weighted by atomic mass is 10.1. The number of nitrogens with one attached hydrogen (secondary N) is 2. The molecule has 0 aliphatic heterocycles. The minimum atomic E-state index is -4.52. The third kappa shape index (κ3) is 6.69. The normalized spacial score (nSPS) is 11.3. The van der Waals surface area contributed by atoms with E-state index < -0.39 is 35.2 Å². The number of urea groups is 1. The molecule has 2 N–H and O–H groups in total. The van der Waals surface area contributed by atoms with Gasteiger partial charge in [0.05, 0.1) is 16.9 Å². The molecule has 2 amide bonds. The predicted molar refractivity (Wildman–Crippen MR) is 142 cm³/mol. The van der Waals surface area contributed by atoms with E-state index in [9.17, 15) is 31.1 Å². The smallest absolute Gasteiger partial charge is 0.416 e. The highest BCUT2D eigenvalue weighted by Crippen LogP contribution is 2.32. The first kappa shape index (κ1) is 28.2. The summed E-state index contributed by atoms with van der Waals surface area (Å²) in [6.45, 7) is 0.00334. The minimum absolute atomic E-state index is 0.00334. The molecule has 0 aliphatic rings. The second kappa shape index (κ2) is 11.6. The molecule has 0 unspecified atom stereocenters. The molecule has 0 radical (unpaired) electrons. The quantitative estimate of drug-likeness (QED) is 0.194. The van der Waals surface area contributed by atoms with Crippen molar-refractivity contribution >= 4 is 17.4 Å². The molecule has 1 heterocycles. The van der Waals surface area contributed by atoms with Crippen LogP contribution in [0, 0.1) is 17.5 Å². The Bertz CT molecular complexity index is 1700. The fourth-order valence-corrected chi connectivity index (χ4v) is 3.82. The molecule has 0 saturated carbocycles. The number of benzene rings is 4. The maximum Gasteiger partial charge on any atom is 0.416 e. The molecule has 1 aromatic heterocycles. The molecule has 214 valence electrons. The lowest BCUT2D eigenvalue weighted by Crippen LogP contribution is -2.20. The van der Waals surface area contributed by atoms with Gasteiger partial charge in [-0.05, 0) is 66.2 Å². The van der Waals surface area contributed by atoms with Gasteiger partial charge in [0.2, 0.25) is 0 Å². The van der Waals surface area contributed by atoms with Crippen molar-refractivity contribution in [1.82, 2.24) is 14.8 Å². The van der Waals surface area contributed by atoms with Crippen LogP contribution in [0.4, 0.5) is 42.5 Å². The second-order valence-corrected chi connectivity index (χ2v) is 8.87. The van der Waals surface area contributed by atoms with Gasteiger partial charge in [0, 0.05) is 17.3 Å². The molecular formula is C29H19F6N5O2. The number of nitrogens with zero attached hydrogens (tertiary/aromatic N) is 3. The van der Waals surface area contributed by atoms with E-state index in [0.717, 1.165) is 24.3 Å². The average molecular weight is 583 g/mol. The number of alkyl halides is 3. The predicted octanol–water partition coefficient (Wildman–Crippen LogP) is 7.59. The summed E-state index contributed by atoms with van der Waals surface area (Å²) in [6.07, 6.45) is -4.52. The summed E-state index contributed by atoms with van der Waals surface area (Å²) in [4.78, 5) is 16.6. The summed E-state index contributed by atoms with van der Waals surface area (Å²) in [5.74, 6) is -1.98. The number of ether oxygens (including phenoxy) is 1. The van der Waals surface area contributed by atoms with Crippen molar-refractivity contribution in [3.8, 4) is 23.1 Å². The highest BCUT2D eigenvalue weighted by Gasteiger charge is 2.30.